The predicted molar refractivity (Wildman–Crippen MR) is 81.6 cm³/mol. The third-order valence-corrected chi connectivity index (χ3v) is 4.17. The van der Waals surface area contributed by atoms with Crippen LogP contribution in [-0.4, -0.2) is 67.7 Å². The van der Waals surface area contributed by atoms with Gasteiger partial charge in [0.25, 0.3) is 0 Å². The fourth-order valence-electron chi connectivity index (χ4n) is 2.78. The summed E-state index contributed by atoms with van der Waals surface area (Å²) in [7, 11) is 4.34. The van der Waals surface area contributed by atoms with Crippen molar-refractivity contribution in [1.82, 2.24) is 9.80 Å². The largest absolute Gasteiger partial charge is 0.465 e. The van der Waals surface area contributed by atoms with Crippen LogP contribution >= 0.6 is 0 Å². The molecule has 1 saturated heterocycles. The van der Waals surface area contributed by atoms with E-state index in [0.717, 1.165) is 19.5 Å². The maximum absolute atomic E-state index is 11.7. The second-order valence-electron chi connectivity index (χ2n) is 6.28. The first kappa shape index (κ1) is 17.4. The molecule has 118 valence electrons. The summed E-state index contributed by atoms with van der Waals surface area (Å²) in [5, 5.41) is 0. The zero-order valence-electron chi connectivity index (χ0n) is 13.5. The number of nitrogens with two attached hydrogens (primary N) is 1. The van der Waals surface area contributed by atoms with Crippen LogP contribution in [0.25, 0.3) is 0 Å². The van der Waals surface area contributed by atoms with E-state index in [9.17, 15) is 4.79 Å². The van der Waals surface area contributed by atoms with E-state index in [1.807, 2.05) is 0 Å². The number of carbonyl (C=O) groups is 1. The van der Waals surface area contributed by atoms with Gasteiger partial charge in [-0.05, 0) is 66.7 Å². The van der Waals surface area contributed by atoms with E-state index in [2.05, 4.69) is 23.9 Å². The number of hydrogen-bond donors (Lipinski definition) is 1. The molecular weight excluding hydrogens is 254 g/mol. The van der Waals surface area contributed by atoms with Crippen molar-refractivity contribution in [3.05, 3.63) is 0 Å². The molecule has 1 aliphatic rings. The first-order valence-electron chi connectivity index (χ1n) is 7.71. The summed E-state index contributed by atoms with van der Waals surface area (Å²) in [6.07, 6.45) is 4.17. The lowest BCUT2D eigenvalue weighted by Crippen LogP contribution is -2.46. The highest BCUT2D eigenvalue weighted by atomic mass is 16.5. The Morgan fingerprint density at radius 3 is 2.80 bits per heavy atom. The highest BCUT2D eigenvalue weighted by molar-refractivity contribution is 5.79. The van der Waals surface area contributed by atoms with Crippen molar-refractivity contribution in [2.75, 3.05) is 40.3 Å². The summed E-state index contributed by atoms with van der Waals surface area (Å²) in [4.78, 5) is 16.5. The molecule has 0 bridgehead atoms. The summed E-state index contributed by atoms with van der Waals surface area (Å²) in [6.45, 7) is 7.23. The van der Waals surface area contributed by atoms with Crippen molar-refractivity contribution in [3.63, 3.8) is 0 Å². The maximum Gasteiger partial charge on any atom is 0.325 e. The van der Waals surface area contributed by atoms with E-state index in [0.29, 0.717) is 19.1 Å². The molecule has 0 amide bonds. The molecule has 5 nitrogen and oxygen atoms in total. The minimum Gasteiger partial charge on any atom is -0.465 e. The zero-order valence-corrected chi connectivity index (χ0v) is 13.5. The molecule has 0 aromatic rings. The van der Waals surface area contributed by atoms with E-state index in [1.54, 1.807) is 13.8 Å². The molecule has 20 heavy (non-hydrogen) atoms. The predicted octanol–water partition coefficient (Wildman–Crippen LogP) is 1.07. The summed E-state index contributed by atoms with van der Waals surface area (Å²) < 4.78 is 5.00. The number of ether oxygens (including phenoxy) is 1. The molecule has 0 spiro atoms. The van der Waals surface area contributed by atoms with Crippen molar-refractivity contribution >= 4 is 5.97 Å². The van der Waals surface area contributed by atoms with Crippen LogP contribution in [0.1, 0.15) is 39.5 Å². The number of hydrogen-bond acceptors (Lipinski definition) is 5. The van der Waals surface area contributed by atoms with Gasteiger partial charge in [-0.3, -0.25) is 4.79 Å². The monoisotopic (exact) mass is 285 g/mol. The second kappa shape index (κ2) is 7.96. The fraction of sp³-hybridized carbons (Fsp3) is 0.933. The Labute approximate surface area is 123 Å². The standard InChI is InChI=1S/C15H31N3O2/c1-5-20-14(19)15(2,16)9-7-10-17(3)12-13-8-6-11-18(13)4/h13H,5-12,16H2,1-4H3. The van der Waals surface area contributed by atoms with E-state index in [1.165, 1.54) is 19.4 Å². The molecule has 0 saturated carbocycles. The van der Waals surface area contributed by atoms with Gasteiger partial charge in [-0.15, -0.1) is 0 Å². The Bertz CT molecular complexity index is 307. The van der Waals surface area contributed by atoms with Gasteiger partial charge in [0.15, 0.2) is 0 Å². The van der Waals surface area contributed by atoms with Crippen LogP contribution in [0.2, 0.25) is 0 Å². The van der Waals surface area contributed by atoms with Crippen molar-refractivity contribution in [2.24, 2.45) is 5.73 Å². The van der Waals surface area contributed by atoms with Crippen molar-refractivity contribution in [2.45, 2.75) is 51.1 Å². The summed E-state index contributed by atoms with van der Waals surface area (Å²) in [5.74, 6) is -0.293. The minimum atomic E-state index is -0.860. The molecule has 0 aromatic carbocycles. The molecule has 1 fully saturated rings. The third kappa shape index (κ3) is 5.38. The number of likely N-dealkylation sites (tertiary alicyclic amines) is 1. The normalized spacial score (nSPS) is 23.0. The Hall–Kier alpha value is -0.650. The van der Waals surface area contributed by atoms with Crippen LogP contribution in [0.5, 0.6) is 0 Å². The highest BCUT2D eigenvalue weighted by Gasteiger charge is 2.29. The van der Waals surface area contributed by atoms with E-state index < -0.39 is 5.54 Å². The molecule has 2 atom stereocenters. The molecule has 1 aliphatic heterocycles. The van der Waals surface area contributed by atoms with Gasteiger partial charge in [-0.25, -0.2) is 0 Å². The number of esters is 1. The molecule has 5 heteroatoms. The lowest BCUT2D eigenvalue weighted by atomic mass is 9.97. The summed E-state index contributed by atoms with van der Waals surface area (Å²) in [5.41, 5.74) is 5.16. The van der Waals surface area contributed by atoms with Gasteiger partial charge < -0.3 is 20.3 Å². The van der Waals surface area contributed by atoms with E-state index >= 15 is 0 Å². The van der Waals surface area contributed by atoms with Gasteiger partial charge in [-0.1, -0.05) is 0 Å². The Morgan fingerprint density at radius 2 is 2.25 bits per heavy atom. The Morgan fingerprint density at radius 1 is 1.55 bits per heavy atom. The number of likely N-dealkylation sites (N-methyl/N-ethyl adjacent to an activating group) is 2. The van der Waals surface area contributed by atoms with E-state index in [-0.39, 0.29) is 5.97 Å². The smallest absolute Gasteiger partial charge is 0.325 e. The summed E-state index contributed by atoms with van der Waals surface area (Å²) in [6, 6.07) is 0.675. The maximum atomic E-state index is 11.7. The average molecular weight is 285 g/mol. The fourth-order valence-corrected chi connectivity index (χ4v) is 2.78. The number of nitrogens with zero attached hydrogens (tertiary/aromatic N) is 2. The first-order valence-corrected chi connectivity index (χ1v) is 7.71. The summed E-state index contributed by atoms with van der Waals surface area (Å²) >= 11 is 0. The number of carbonyl (C=O) groups excluding carboxylic acids is 1. The van der Waals surface area contributed by atoms with Crippen LogP contribution in [-0.2, 0) is 9.53 Å². The van der Waals surface area contributed by atoms with Crippen LogP contribution < -0.4 is 5.73 Å². The van der Waals surface area contributed by atoms with Gasteiger partial charge in [0.2, 0.25) is 0 Å². The van der Waals surface area contributed by atoms with Crippen LogP contribution in [0.4, 0.5) is 0 Å². The van der Waals surface area contributed by atoms with Crippen molar-refractivity contribution < 1.29 is 9.53 Å². The van der Waals surface area contributed by atoms with Gasteiger partial charge >= 0.3 is 5.97 Å². The van der Waals surface area contributed by atoms with Crippen molar-refractivity contribution in [1.29, 1.82) is 0 Å². The molecule has 0 radical (unpaired) electrons. The topological polar surface area (TPSA) is 58.8 Å². The molecule has 0 aromatic heterocycles. The second-order valence-corrected chi connectivity index (χ2v) is 6.28. The quantitative estimate of drug-likeness (QED) is 0.676. The number of rotatable bonds is 8. The SMILES string of the molecule is CCOC(=O)C(C)(N)CCCN(C)CC1CCCN1C. The molecule has 2 N–H and O–H groups in total. The van der Waals surface area contributed by atoms with E-state index in [4.69, 9.17) is 10.5 Å². The Balaban J connectivity index is 2.23. The van der Waals surface area contributed by atoms with Gasteiger partial charge in [-0.2, -0.15) is 0 Å². The van der Waals surface area contributed by atoms with Crippen molar-refractivity contribution in [3.8, 4) is 0 Å². The van der Waals surface area contributed by atoms with Crippen LogP contribution in [0.15, 0.2) is 0 Å². The average Bonchev–Trinajstić information content (AvgIpc) is 2.75. The molecule has 1 rings (SSSR count). The highest BCUT2D eigenvalue weighted by Crippen LogP contribution is 2.16. The van der Waals surface area contributed by atoms with Crippen LogP contribution in [0, 0.1) is 0 Å². The molecule has 2 unspecified atom stereocenters. The van der Waals surface area contributed by atoms with Crippen LogP contribution in [0.3, 0.4) is 0 Å². The molecule has 1 heterocycles. The van der Waals surface area contributed by atoms with Gasteiger partial charge in [0.05, 0.1) is 6.61 Å². The Kier molecular flexibility index (Phi) is 6.92. The first-order chi connectivity index (χ1) is 9.36. The molecule has 0 aliphatic carbocycles. The zero-order chi connectivity index (χ0) is 15.2. The van der Waals surface area contributed by atoms with Gasteiger partial charge in [0, 0.05) is 12.6 Å². The molecular formula is C15H31N3O2. The minimum absolute atomic E-state index is 0.293. The van der Waals surface area contributed by atoms with Gasteiger partial charge in [0.1, 0.15) is 5.54 Å². The lowest BCUT2D eigenvalue weighted by Gasteiger charge is -2.27. The third-order valence-electron chi connectivity index (χ3n) is 4.17. The lowest BCUT2D eigenvalue weighted by molar-refractivity contribution is -0.149.